The lowest BCUT2D eigenvalue weighted by molar-refractivity contribution is -0.138. The molecular formula is C19H29N3O4. The van der Waals surface area contributed by atoms with Crippen LogP contribution < -0.4 is 10.1 Å². The molecule has 1 saturated heterocycles. The summed E-state index contributed by atoms with van der Waals surface area (Å²) < 4.78 is 5.62. The van der Waals surface area contributed by atoms with Crippen molar-refractivity contribution in [2.45, 2.75) is 25.8 Å². The van der Waals surface area contributed by atoms with Gasteiger partial charge in [-0.3, -0.25) is 19.4 Å². The number of nitrogens with one attached hydrogen (secondary N) is 1. The van der Waals surface area contributed by atoms with E-state index in [-0.39, 0.29) is 18.5 Å². The molecule has 1 aliphatic rings. The van der Waals surface area contributed by atoms with Gasteiger partial charge in [-0.15, -0.1) is 0 Å². The molecule has 1 heterocycles. The van der Waals surface area contributed by atoms with E-state index in [1.807, 2.05) is 43.1 Å². The van der Waals surface area contributed by atoms with E-state index in [9.17, 15) is 9.59 Å². The largest absolute Gasteiger partial charge is 0.492 e. The first-order valence-corrected chi connectivity index (χ1v) is 9.04. The third-order valence-corrected chi connectivity index (χ3v) is 4.61. The van der Waals surface area contributed by atoms with E-state index >= 15 is 0 Å². The third kappa shape index (κ3) is 7.01. The molecule has 7 nitrogen and oxygen atoms in total. The number of carboxylic acid groups (broad SMARTS) is 1. The molecule has 0 radical (unpaired) electrons. The highest BCUT2D eigenvalue weighted by molar-refractivity contribution is 5.78. The Morgan fingerprint density at radius 1 is 1.35 bits per heavy atom. The Bertz CT molecular complexity index is 600. The number of nitrogens with zero attached hydrogens (tertiary/aromatic N) is 2. The monoisotopic (exact) mass is 363 g/mol. The summed E-state index contributed by atoms with van der Waals surface area (Å²) in [4.78, 5) is 26.8. The van der Waals surface area contributed by atoms with Crippen molar-refractivity contribution in [1.29, 1.82) is 0 Å². The summed E-state index contributed by atoms with van der Waals surface area (Å²) in [7, 11) is 1.84. The zero-order valence-corrected chi connectivity index (χ0v) is 15.6. The zero-order valence-electron chi connectivity index (χ0n) is 15.6. The molecule has 1 amide bonds. The van der Waals surface area contributed by atoms with Crippen LogP contribution in [0.5, 0.6) is 5.75 Å². The second kappa shape index (κ2) is 10.1. The van der Waals surface area contributed by atoms with Gasteiger partial charge < -0.3 is 15.2 Å². The van der Waals surface area contributed by atoms with Crippen LogP contribution >= 0.6 is 0 Å². The average molecular weight is 363 g/mol. The molecule has 1 aromatic rings. The van der Waals surface area contributed by atoms with E-state index in [1.165, 1.54) is 0 Å². The van der Waals surface area contributed by atoms with Crippen LogP contribution in [0.4, 0.5) is 0 Å². The summed E-state index contributed by atoms with van der Waals surface area (Å²) in [5, 5.41) is 11.7. The quantitative estimate of drug-likeness (QED) is 0.636. The minimum atomic E-state index is -0.804. The maximum absolute atomic E-state index is 12.0. The molecule has 0 spiro atoms. The molecule has 1 aliphatic heterocycles. The fraction of sp³-hybridized carbons (Fsp3) is 0.579. The fourth-order valence-electron chi connectivity index (χ4n) is 3.18. The van der Waals surface area contributed by atoms with Crippen LogP contribution in [0, 0.1) is 6.92 Å². The van der Waals surface area contributed by atoms with Crippen molar-refractivity contribution in [1.82, 2.24) is 15.1 Å². The van der Waals surface area contributed by atoms with Gasteiger partial charge in [0, 0.05) is 19.1 Å². The Morgan fingerprint density at radius 3 is 2.73 bits per heavy atom. The summed E-state index contributed by atoms with van der Waals surface area (Å²) in [6, 6.07) is 8.10. The summed E-state index contributed by atoms with van der Waals surface area (Å²) >= 11 is 0. The summed E-state index contributed by atoms with van der Waals surface area (Å²) in [6.45, 7) is 4.98. The van der Waals surface area contributed by atoms with Gasteiger partial charge in [-0.1, -0.05) is 12.1 Å². The highest BCUT2D eigenvalue weighted by Gasteiger charge is 2.24. The Kier molecular flexibility index (Phi) is 7.87. The van der Waals surface area contributed by atoms with Crippen LogP contribution in [0.3, 0.4) is 0 Å². The number of likely N-dealkylation sites (tertiary alicyclic amines) is 1. The molecule has 1 fully saturated rings. The van der Waals surface area contributed by atoms with Gasteiger partial charge in [0.25, 0.3) is 0 Å². The standard InChI is InChI=1S/C19H29N3O4/c1-15-4-3-5-17(12-15)26-11-8-20-18(23)13-22-9-6-16(7-10-22)21(2)14-19(24)25/h3-5,12,16H,6-11,13-14H2,1-2H3,(H,20,23)(H,24,25). The van der Waals surface area contributed by atoms with Gasteiger partial charge in [0.2, 0.25) is 5.91 Å². The maximum atomic E-state index is 12.0. The Hall–Kier alpha value is -2.12. The van der Waals surface area contributed by atoms with Gasteiger partial charge in [-0.05, 0) is 44.5 Å². The minimum absolute atomic E-state index is 0.00446. The van der Waals surface area contributed by atoms with Crippen molar-refractivity contribution in [3.63, 3.8) is 0 Å². The predicted octanol–water partition coefficient (Wildman–Crippen LogP) is 0.971. The van der Waals surface area contributed by atoms with E-state index in [1.54, 1.807) is 0 Å². The zero-order chi connectivity index (χ0) is 18.9. The number of piperidine rings is 1. The number of amides is 1. The van der Waals surface area contributed by atoms with Crippen molar-refractivity contribution < 1.29 is 19.4 Å². The number of likely N-dealkylation sites (N-methyl/N-ethyl adjacent to an activating group) is 1. The molecule has 2 rings (SSSR count). The SMILES string of the molecule is Cc1cccc(OCCNC(=O)CN2CCC(N(C)CC(=O)O)CC2)c1. The van der Waals surface area contributed by atoms with Gasteiger partial charge in [0.15, 0.2) is 0 Å². The fourth-order valence-corrected chi connectivity index (χ4v) is 3.18. The normalized spacial score (nSPS) is 15.8. The Labute approximate surface area is 154 Å². The minimum Gasteiger partial charge on any atom is -0.492 e. The second-order valence-corrected chi connectivity index (χ2v) is 6.83. The summed E-state index contributed by atoms with van der Waals surface area (Å²) in [5.41, 5.74) is 1.14. The molecule has 0 saturated carbocycles. The topological polar surface area (TPSA) is 82.1 Å². The van der Waals surface area contributed by atoms with Crippen LogP contribution in [0.15, 0.2) is 24.3 Å². The third-order valence-electron chi connectivity index (χ3n) is 4.61. The number of rotatable bonds is 9. The molecule has 0 atom stereocenters. The molecule has 7 heteroatoms. The van der Waals surface area contributed by atoms with E-state index < -0.39 is 5.97 Å². The molecule has 1 aromatic carbocycles. The Balaban J connectivity index is 1.59. The van der Waals surface area contributed by atoms with Crippen LogP contribution in [0.2, 0.25) is 0 Å². The molecule has 0 bridgehead atoms. The number of hydrogen-bond acceptors (Lipinski definition) is 5. The molecule has 0 unspecified atom stereocenters. The van der Waals surface area contributed by atoms with Gasteiger partial charge in [-0.25, -0.2) is 0 Å². The van der Waals surface area contributed by atoms with Crippen LogP contribution in [0.25, 0.3) is 0 Å². The lowest BCUT2D eigenvalue weighted by Gasteiger charge is -2.35. The first-order valence-electron chi connectivity index (χ1n) is 9.04. The first kappa shape index (κ1) is 20.2. The van der Waals surface area contributed by atoms with Gasteiger partial charge in [-0.2, -0.15) is 0 Å². The van der Waals surface area contributed by atoms with Crippen LogP contribution in [-0.2, 0) is 9.59 Å². The molecule has 0 aliphatic carbocycles. The highest BCUT2D eigenvalue weighted by Crippen LogP contribution is 2.15. The van der Waals surface area contributed by atoms with Crippen molar-refractivity contribution in [3.05, 3.63) is 29.8 Å². The summed E-state index contributed by atoms with van der Waals surface area (Å²) in [6.07, 6.45) is 1.76. The number of carbonyl (C=O) groups is 2. The first-order chi connectivity index (χ1) is 12.4. The average Bonchev–Trinajstić information content (AvgIpc) is 2.59. The van der Waals surface area contributed by atoms with E-state index in [0.717, 1.165) is 37.2 Å². The van der Waals surface area contributed by atoms with Gasteiger partial charge >= 0.3 is 5.97 Å². The number of aliphatic carboxylic acids is 1. The predicted molar refractivity (Wildman–Crippen MR) is 99.4 cm³/mol. The van der Waals surface area contributed by atoms with Crippen molar-refractivity contribution in [2.75, 3.05) is 46.4 Å². The number of hydrogen-bond donors (Lipinski definition) is 2. The van der Waals surface area contributed by atoms with E-state index in [2.05, 4.69) is 10.2 Å². The van der Waals surface area contributed by atoms with E-state index in [4.69, 9.17) is 9.84 Å². The number of carboxylic acids is 1. The lowest BCUT2D eigenvalue weighted by atomic mass is 10.0. The Morgan fingerprint density at radius 2 is 2.08 bits per heavy atom. The van der Waals surface area contributed by atoms with E-state index in [0.29, 0.717) is 19.7 Å². The van der Waals surface area contributed by atoms with Gasteiger partial charge in [0.05, 0.1) is 19.6 Å². The molecular weight excluding hydrogens is 334 g/mol. The number of ether oxygens (including phenoxy) is 1. The molecule has 26 heavy (non-hydrogen) atoms. The molecule has 0 aromatic heterocycles. The van der Waals surface area contributed by atoms with Crippen molar-refractivity contribution in [3.8, 4) is 5.75 Å². The molecule has 2 N–H and O–H groups in total. The number of carbonyl (C=O) groups excluding carboxylic acids is 1. The van der Waals surface area contributed by atoms with Gasteiger partial charge in [0.1, 0.15) is 12.4 Å². The van der Waals surface area contributed by atoms with Crippen molar-refractivity contribution >= 4 is 11.9 Å². The summed E-state index contributed by atoms with van der Waals surface area (Å²) in [5.74, 6) is 0.00387. The highest BCUT2D eigenvalue weighted by atomic mass is 16.5. The number of benzene rings is 1. The van der Waals surface area contributed by atoms with Crippen LogP contribution in [-0.4, -0.2) is 79.2 Å². The smallest absolute Gasteiger partial charge is 0.317 e. The van der Waals surface area contributed by atoms with Crippen LogP contribution in [0.1, 0.15) is 18.4 Å². The molecule has 144 valence electrons. The number of aryl methyl sites for hydroxylation is 1. The van der Waals surface area contributed by atoms with Crippen molar-refractivity contribution in [2.24, 2.45) is 0 Å². The lowest BCUT2D eigenvalue weighted by Crippen LogP contribution is -2.47. The second-order valence-electron chi connectivity index (χ2n) is 6.83. The maximum Gasteiger partial charge on any atom is 0.317 e.